The van der Waals surface area contributed by atoms with E-state index in [0.717, 1.165) is 5.69 Å². The molecule has 1 atom stereocenters. The Kier molecular flexibility index (Phi) is 5.10. The summed E-state index contributed by atoms with van der Waals surface area (Å²) in [4.78, 5) is 0. The molecule has 0 spiro atoms. The van der Waals surface area contributed by atoms with Crippen LogP contribution in [0.2, 0.25) is 0 Å². The van der Waals surface area contributed by atoms with Crippen molar-refractivity contribution >= 4 is 11.4 Å². The van der Waals surface area contributed by atoms with Gasteiger partial charge in [0, 0.05) is 7.11 Å². The van der Waals surface area contributed by atoms with Crippen molar-refractivity contribution in [3.05, 3.63) is 18.2 Å². The molecule has 1 unspecified atom stereocenters. The molecule has 17 heavy (non-hydrogen) atoms. The highest BCUT2D eigenvalue weighted by atomic mass is 16.5. The molecule has 0 saturated carbocycles. The maximum Gasteiger partial charge on any atom is 0.143 e. The van der Waals surface area contributed by atoms with Crippen LogP contribution in [0.15, 0.2) is 18.2 Å². The molecule has 0 saturated heterocycles. The Balaban J connectivity index is 2.85. The highest BCUT2D eigenvalue weighted by Gasteiger charge is 2.15. The van der Waals surface area contributed by atoms with Gasteiger partial charge in [-0.2, -0.15) is 0 Å². The molecule has 4 nitrogen and oxygen atoms in total. The van der Waals surface area contributed by atoms with E-state index in [9.17, 15) is 0 Å². The maximum atomic E-state index is 6.01. The number of benzene rings is 1. The summed E-state index contributed by atoms with van der Waals surface area (Å²) in [5.41, 5.74) is 7.53. The van der Waals surface area contributed by atoms with Crippen LogP contribution in [0.4, 0.5) is 11.4 Å². The Labute approximate surface area is 103 Å². The molecule has 0 aliphatic rings. The standard InChI is InChI=1S/C13H22N2O2/c1-9(2)11(8-16-3)15-10-6-5-7-12(17-4)13(10)14/h5-7,9,11,15H,8,14H2,1-4H3. The smallest absolute Gasteiger partial charge is 0.143 e. The van der Waals surface area contributed by atoms with E-state index in [4.69, 9.17) is 15.2 Å². The second kappa shape index (κ2) is 6.35. The topological polar surface area (TPSA) is 56.5 Å². The molecule has 1 rings (SSSR count). The number of anilines is 2. The molecule has 1 aromatic rings. The molecule has 0 heterocycles. The van der Waals surface area contributed by atoms with Crippen molar-refractivity contribution in [3.63, 3.8) is 0 Å². The number of methoxy groups -OCH3 is 2. The zero-order chi connectivity index (χ0) is 12.8. The predicted octanol–water partition coefficient (Wildman–Crippen LogP) is 2.36. The van der Waals surface area contributed by atoms with Crippen molar-refractivity contribution in [3.8, 4) is 5.75 Å². The third-order valence-corrected chi connectivity index (χ3v) is 2.78. The Morgan fingerprint density at radius 3 is 2.53 bits per heavy atom. The summed E-state index contributed by atoms with van der Waals surface area (Å²) in [6, 6.07) is 5.95. The fraction of sp³-hybridized carbons (Fsp3) is 0.538. The van der Waals surface area contributed by atoms with Crippen molar-refractivity contribution in [2.24, 2.45) is 5.92 Å². The van der Waals surface area contributed by atoms with Crippen molar-refractivity contribution in [1.82, 2.24) is 0 Å². The fourth-order valence-electron chi connectivity index (χ4n) is 1.63. The molecular weight excluding hydrogens is 216 g/mol. The molecule has 96 valence electrons. The lowest BCUT2D eigenvalue weighted by Gasteiger charge is -2.24. The van der Waals surface area contributed by atoms with E-state index in [-0.39, 0.29) is 6.04 Å². The fourth-order valence-corrected chi connectivity index (χ4v) is 1.63. The van der Waals surface area contributed by atoms with Gasteiger partial charge in [-0.05, 0) is 18.1 Å². The second-order valence-corrected chi connectivity index (χ2v) is 4.37. The van der Waals surface area contributed by atoms with Gasteiger partial charge in [-0.1, -0.05) is 19.9 Å². The van der Waals surface area contributed by atoms with Crippen LogP contribution in [0.1, 0.15) is 13.8 Å². The molecule has 0 radical (unpaired) electrons. The van der Waals surface area contributed by atoms with Gasteiger partial charge in [0.2, 0.25) is 0 Å². The van der Waals surface area contributed by atoms with Gasteiger partial charge < -0.3 is 20.5 Å². The molecule has 4 heteroatoms. The first-order valence-electron chi connectivity index (χ1n) is 5.78. The van der Waals surface area contributed by atoms with E-state index in [0.29, 0.717) is 24.0 Å². The lowest BCUT2D eigenvalue weighted by atomic mass is 10.0. The summed E-state index contributed by atoms with van der Waals surface area (Å²) in [6.07, 6.45) is 0. The number of rotatable bonds is 6. The van der Waals surface area contributed by atoms with Gasteiger partial charge in [-0.25, -0.2) is 0 Å². The van der Waals surface area contributed by atoms with Crippen molar-refractivity contribution < 1.29 is 9.47 Å². The highest BCUT2D eigenvalue weighted by Crippen LogP contribution is 2.30. The normalized spacial score (nSPS) is 12.5. The lowest BCUT2D eigenvalue weighted by molar-refractivity contribution is 0.171. The van der Waals surface area contributed by atoms with Crippen LogP contribution in [0.3, 0.4) is 0 Å². The minimum Gasteiger partial charge on any atom is -0.495 e. The second-order valence-electron chi connectivity index (χ2n) is 4.37. The molecule has 0 aliphatic heterocycles. The predicted molar refractivity (Wildman–Crippen MR) is 71.5 cm³/mol. The van der Waals surface area contributed by atoms with Gasteiger partial charge in [0.25, 0.3) is 0 Å². The SMILES string of the molecule is COCC(Nc1cccc(OC)c1N)C(C)C. The van der Waals surface area contributed by atoms with E-state index in [1.807, 2.05) is 18.2 Å². The average Bonchev–Trinajstić information content (AvgIpc) is 2.30. The van der Waals surface area contributed by atoms with E-state index in [1.54, 1.807) is 14.2 Å². The number of nitrogens with one attached hydrogen (secondary N) is 1. The molecule has 0 fully saturated rings. The zero-order valence-electron chi connectivity index (χ0n) is 11.0. The zero-order valence-corrected chi connectivity index (χ0v) is 11.0. The van der Waals surface area contributed by atoms with Crippen LogP contribution in [0.5, 0.6) is 5.75 Å². The number of ether oxygens (including phenoxy) is 2. The third-order valence-electron chi connectivity index (χ3n) is 2.78. The van der Waals surface area contributed by atoms with Gasteiger partial charge in [-0.15, -0.1) is 0 Å². The number of nitrogen functional groups attached to an aromatic ring is 1. The molecule has 0 amide bonds. The van der Waals surface area contributed by atoms with Crippen LogP contribution >= 0.6 is 0 Å². The quantitative estimate of drug-likeness (QED) is 0.747. The number of hydrogen-bond acceptors (Lipinski definition) is 4. The summed E-state index contributed by atoms with van der Waals surface area (Å²) in [5.74, 6) is 1.15. The van der Waals surface area contributed by atoms with Crippen LogP contribution in [0.25, 0.3) is 0 Å². The van der Waals surface area contributed by atoms with E-state index in [2.05, 4.69) is 19.2 Å². The van der Waals surface area contributed by atoms with Crippen molar-refractivity contribution in [2.45, 2.75) is 19.9 Å². The monoisotopic (exact) mass is 238 g/mol. The molecule has 0 aliphatic carbocycles. The summed E-state index contributed by atoms with van der Waals surface area (Å²) in [6.45, 7) is 4.94. The summed E-state index contributed by atoms with van der Waals surface area (Å²) < 4.78 is 10.4. The van der Waals surface area contributed by atoms with Crippen LogP contribution < -0.4 is 15.8 Å². The third kappa shape index (κ3) is 3.53. The van der Waals surface area contributed by atoms with Crippen LogP contribution in [-0.4, -0.2) is 26.9 Å². The summed E-state index contributed by atoms with van der Waals surface area (Å²) in [5, 5.41) is 3.39. The Hall–Kier alpha value is -1.42. The highest BCUT2D eigenvalue weighted by molar-refractivity contribution is 5.73. The number of hydrogen-bond donors (Lipinski definition) is 2. The minimum atomic E-state index is 0.231. The first-order valence-corrected chi connectivity index (χ1v) is 5.78. The van der Waals surface area contributed by atoms with Gasteiger partial charge >= 0.3 is 0 Å². The molecule has 0 bridgehead atoms. The molecular formula is C13H22N2O2. The van der Waals surface area contributed by atoms with E-state index >= 15 is 0 Å². The first-order chi connectivity index (χ1) is 8.10. The van der Waals surface area contributed by atoms with Gasteiger partial charge in [-0.3, -0.25) is 0 Å². The van der Waals surface area contributed by atoms with Crippen LogP contribution in [-0.2, 0) is 4.74 Å². The average molecular weight is 238 g/mol. The van der Waals surface area contributed by atoms with E-state index < -0.39 is 0 Å². The van der Waals surface area contributed by atoms with Gasteiger partial charge in [0.1, 0.15) is 5.75 Å². The molecule has 3 N–H and O–H groups in total. The van der Waals surface area contributed by atoms with E-state index in [1.165, 1.54) is 0 Å². The molecule has 0 aromatic heterocycles. The van der Waals surface area contributed by atoms with Crippen molar-refractivity contribution in [1.29, 1.82) is 0 Å². The van der Waals surface area contributed by atoms with Gasteiger partial charge in [0.15, 0.2) is 0 Å². The Bertz CT molecular complexity index is 353. The number of nitrogens with two attached hydrogens (primary N) is 1. The maximum absolute atomic E-state index is 6.01. The van der Waals surface area contributed by atoms with Gasteiger partial charge in [0.05, 0.1) is 31.1 Å². The summed E-state index contributed by atoms with van der Waals surface area (Å²) in [7, 11) is 3.32. The summed E-state index contributed by atoms with van der Waals surface area (Å²) >= 11 is 0. The Morgan fingerprint density at radius 1 is 1.29 bits per heavy atom. The lowest BCUT2D eigenvalue weighted by Crippen LogP contribution is -2.30. The van der Waals surface area contributed by atoms with Crippen LogP contribution in [0, 0.1) is 5.92 Å². The van der Waals surface area contributed by atoms with Crippen molar-refractivity contribution in [2.75, 3.05) is 31.9 Å². The minimum absolute atomic E-state index is 0.231. The number of para-hydroxylation sites is 1. The Morgan fingerprint density at radius 2 is 2.00 bits per heavy atom. The largest absolute Gasteiger partial charge is 0.495 e. The first kappa shape index (κ1) is 13.6. The molecule has 1 aromatic carbocycles.